The van der Waals surface area contributed by atoms with Gasteiger partial charge in [0.05, 0.1) is 11.9 Å². The van der Waals surface area contributed by atoms with Gasteiger partial charge in [-0.25, -0.2) is 4.98 Å². The second kappa shape index (κ2) is 7.31. The Hall–Kier alpha value is -2.27. The van der Waals surface area contributed by atoms with Crippen molar-refractivity contribution in [2.24, 2.45) is 0 Å². The number of hydrogen-bond donors (Lipinski definition) is 1. The van der Waals surface area contributed by atoms with Gasteiger partial charge in [-0.1, -0.05) is 37.3 Å². The van der Waals surface area contributed by atoms with Crippen LogP contribution >= 0.6 is 0 Å². The molecule has 3 aromatic rings. The number of fused-ring (bicyclic) bond motifs is 1. The summed E-state index contributed by atoms with van der Waals surface area (Å²) in [5, 5.41) is 11.4. The van der Waals surface area contributed by atoms with Crippen LogP contribution in [0.15, 0.2) is 52.2 Å². The number of aryl methyl sites for hydroxylation is 1. The SMILES string of the molecule is CCC[S+](C)c1c(O)c2ccc(C)nc2n(Cc2ccccc2)c1=O. The van der Waals surface area contributed by atoms with Crippen molar-refractivity contribution in [3.05, 3.63) is 64.1 Å². The normalized spacial score (nSPS) is 12.4. The van der Waals surface area contributed by atoms with Crippen molar-refractivity contribution in [3.8, 4) is 5.75 Å². The highest BCUT2D eigenvalue weighted by molar-refractivity contribution is 7.96. The van der Waals surface area contributed by atoms with Gasteiger partial charge in [-0.15, -0.1) is 0 Å². The highest BCUT2D eigenvalue weighted by atomic mass is 32.2. The lowest BCUT2D eigenvalue weighted by Crippen LogP contribution is -2.28. The molecule has 0 aliphatic rings. The molecule has 1 unspecified atom stereocenters. The van der Waals surface area contributed by atoms with Crippen LogP contribution in [0.4, 0.5) is 0 Å². The van der Waals surface area contributed by atoms with E-state index >= 15 is 0 Å². The second-order valence-electron chi connectivity index (χ2n) is 6.22. The number of aromatic nitrogens is 2. The lowest BCUT2D eigenvalue weighted by atomic mass is 10.2. The molecular formula is C20H23N2O2S+. The van der Waals surface area contributed by atoms with Crippen molar-refractivity contribution in [2.75, 3.05) is 12.0 Å². The Balaban J connectivity index is 2.28. The third-order valence-electron chi connectivity index (χ3n) is 4.22. The molecule has 0 spiro atoms. The molecule has 25 heavy (non-hydrogen) atoms. The van der Waals surface area contributed by atoms with Crippen molar-refractivity contribution in [1.29, 1.82) is 0 Å². The van der Waals surface area contributed by atoms with Crippen LogP contribution < -0.4 is 5.56 Å². The van der Waals surface area contributed by atoms with Gasteiger partial charge in [-0.05, 0) is 31.0 Å². The van der Waals surface area contributed by atoms with Gasteiger partial charge in [0, 0.05) is 16.6 Å². The van der Waals surface area contributed by atoms with Gasteiger partial charge in [0.1, 0.15) is 17.7 Å². The molecule has 1 aromatic carbocycles. The molecule has 0 aliphatic carbocycles. The Morgan fingerprint density at radius 2 is 1.88 bits per heavy atom. The molecule has 5 heteroatoms. The molecule has 0 saturated carbocycles. The molecule has 2 heterocycles. The Morgan fingerprint density at radius 1 is 1.16 bits per heavy atom. The lowest BCUT2D eigenvalue weighted by molar-refractivity contribution is 0.463. The summed E-state index contributed by atoms with van der Waals surface area (Å²) in [4.78, 5) is 18.3. The average Bonchev–Trinajstić information content (AvgIpc) is 2.59. The van der Waals surface area contributed by atoms with Gasteiger partial charge in [-0.2, -0.15) is 0 Å². The molecule has 0 fully saturated rings. The predicted molar refractivity (Wildman–Crippen MR) is 105 cm³/mol. The molecule has 1 atom stereocenters. The van der Waals surface area contributed by atoms with E-state index < -0.39 is 0 Å². The molecule has 3 rings (SSSR count). The standard InChI is InChI=1S/C20H22N2O2S/c1-4-12-25(3)18-17(23)16-11-10-14(2)21-19(16)22(20(18)24)13-15-8-6-5-7-9-15/h5-11H,4,12-13H2,1-3H3/p+1. The Labute approximate surface area is 150 Å². The van der Waals surface area contributed by atoms with Crippen LogP contribution in [0.2, 0.25) is 0 Å². The van der Waals surface area contributed by atoms with E-state index in [1.807, 2.05) is 55.6 Å². The van der Waals surface area contributed by atoms with Gasteiger partial charge >= 0.3 is 5.56 Å². The molecule has 0 amide bonds. The quantitative estimate of drug-likeness (QED) is 0.713. The number of nitrogens with zero attached hydrogens (tertiary/aromatic N) is 2. The monoisotopic (exact) mass is 355 g/mol. The largest absolute Gasteiger partial charge is 0.503 e. The Kier molecular flexibility index (Phi) is 5.13. The fraction of sp³-hybridized carbons (Fsp3) is 0.300. The maximum atomic E-state index is 13.2. The molecule has 0 radical (unpaired) electrons. The number of hydrogen-bond acceptors (Lipinski definition) is 3. The summed E-state index contributed by atoms with van der Waals surface area (Å²) in [5.41, 5.74) is 2.28. The first kappa shape index (κ1) is 17.5. The first-order valence-corrected chi connectivity index (χ1v) is 10.2. The van der Waals surface area contributed by atoms with Crippen molar-refractivity contribution < 1.29 is 5.11 Å². The highest BCUT2D eigenvalue weighted by Gasteiger charge is 2.28. The van der Waals surface area contributed by atoms with Crippen LogP contribution in [0.1, 0.15) is 24.6 Å². The molecular weight excluding hydrogens is 332 g/mol. The predicted octanol–water partition coefficient (Wildman–Crippen LogP) is 3.48. The van der Waals surface area contributed by atoms with E-state index in [1.54, 1.807) is 4.57 Å². The fourth-order valence-corrected chi connectivity index (χ4v) is 4.68. The topological polar surface area (TPSA) is 55.1 Å². The maximum Gasteiger partial charge on any atom is 0.311 e. The number of rotatable bonds is 5. The smallest absolute Gasteiger partial charge is 0.311 e. The van der Waals surface area contributed by atoms with Crippen LogP contribution in [0.25, 0.3) is 11.0 Å². The van der Waals surface area contributed by atoms with Crippen LogP contribution in [0, 0.1) is 6.92 Å². The number of aromatic hydroxyl groups is 1. The van der Waals surface area contributed by atoms with Crippen LogP contribution in [0.5, 0.6) is 5.75 Å². The minimum Gasteiger partial charge on any atom is -0.503 e. The molecule has 2 aromatic heterocycles. The zero-order chi connectivity index (χ0) is 18.0. The summed E-state index contributed by atoms with van der Waals surface area (Å²) >= 11 is 0. The van der Waals surface area contributed by atoms with Gasteiger partial charge in [0.25, 0.3) is 4.90 Å². The molecule has 4 nitrogen and oxygen atoms in total. The zero-order valence-electron chi connectivity index (χ0n) is 14.8. The Morgan fingerprint density at radius 3 is 2.56 bits per heavy atom. The van der Waals surface area contributed by atoms with E-state index in [2.05, 4.69) is 11.9 Å². The van der Waals surface area contributed by atoms with E-state index in [-0.39, 0.29) is 22.2 Å². The summed E-state index contributed by atoms with van der Waals surface area (Å²) in [7, 11) is -0.297. The summed E-state index contributed by atoms with van der Waals surface area (Å²) in [5.74, 6) is 0.981. The summed E-state index contributed by atoms with van der Waals surface area (Å²) in [6.45, 7) is 4.43. The first-order chi connectivity index (χ1) is 12.0. The van der Waals surface area contributed by atoms with E-state index in [1.165, 1.54) is 0 Å². The van der Waals surface area contributed by atoms with Crippen molar-refractivity contribution in [3.63, 3.8) is 0 Å². The van der Waals surface area contributed by atoms with Crippen LogP contribution in [-0.2, 0) is 17.4 Å². The van der Waals surface area contributed by atoms with Crippen molar-refractivity contribution in [1.82, 2.24) is 9.55 Å². The summed E-state index contributed by atoms with van der Waals surface area (Å²) < 4.78 is 1.70. The summed E-state index contributed by atoms with van der Waals surface area (Å²) in [6.07, 6.45) is 3.00. The van der Waals surface area contributed by atoms with Crippen LogP contribution in [-0.4, -0.2) is 26.7 Å². The Bertz CT molecular complexity index is 951. The van der Waals surface area contributed by atoms with E-state index in [0.717, 1.165) is 23.4 Å². The molecule has 0 aliphatic heterocycles. The maximum absolute atomic E-state index is 13.2. The third-order valence-corrected chi connectivity index (χ3v) is 6.31. The first-order valence-electron chi connectivity index (χ1n) is 8.42. The number of pyridine rings is 2. The van der Waals surface area contributed by atoms with E-state index in [4.69, 9.17) is 0 Å². The van der Waals surface area contributed by atoms with Gasteiger partial charge < -0.3 is 5.11 Å². The van der Waals surface area contributed by atoms with Gasteiger partial charge in [0.15, 0.2) is 5.75 Å². The number of benzene rings is 1. The summed E-state index contributed by atoms with van der Waals surface area (Å²) in [6, 6.07) is 13.6. The minimum absolute atomic E-state index is 0.0936. The van der Waals surface area contributed by atoms with Crippen molar-refractivity contribution in [2.45, 2.75) is 31.7 Å². The molecule has 1 N–H and O–H groups in total. The lowest BCUT2D eigenvalue weighted by Gasteiger charge is -2.14. The van der Waals surface area contributed by atoms with Gasteiger partial charge in [0.2, 0.25) is 0 Å². The minimum atomic E-state index is -0.297. The van der Waals surface area contributed by atoms with Crippen molar-refractivity contribution >= 4 is 21.9 Å². The van der Waals surface area contributed by atoms with E-state index in [9.17, 15) is 9.90 Å². The zero-order valence-corrected chi connectivity index (χ0v) is 15.6. The van der Waals surface area contributed by atoms with Crippen LogP contribution in [0.3, 0.4) is 0 Å². The fourth-order valence-electron chi connectivity index (χ4n) is 3.01. The molecule has 0 bridgehead atoms. The second-order valence-corrected chi connectivity index (χ2v) is 8.31. The molecule has 130 valence electrons. The molecule has 0 saturated heterocycles. The average molecular weight is 355 g/mol. The highest BCUT2D eigenvalue weighted by Crippen LogP contribution is 2.29. The third kappa shape index (κ3) is 3.42. The van der Waals surface area contributed by atoms with Gasteiger partial charge in [-0.3, -0.25) is 9.36 Å². The van der Waals surface area contributed by atoms with E-state index in [0.29, 0.717) is 22.5 Å².